The van der Waals surface area contributed by atoms with Gasteiger partial charge in [-0.3, -0.25) is 4.79 Å². The van der Waals surface area contributed by atoms with Crippen molar-refractivity contribution >= 4 is 37.1 Å². The van der Waals surface area contributed by atoms with E-state index in [1.165, 1.54) is 10.4 Å². The molecule has 3 aliphatic rings. The molecule has 3 heterocycles. The molecule has 1 unspecified atom stereocenters. The summed E-state index contributed by atoms with van der Waals surface area (Å²) in [7, 11) is -6.95. The van der Waals surface area contributed by atoms with Gasteiger partial charge in [0.2, 0.25) is 15.9 Å². The highest BCUT2D eigenvalue weighted by Crippen LogP contribution is 2.32. The number of ether oxygens (including phenoxy) is 2. The number of sulfonamides is 1. The number of amides is 1. The Hall–Kier alpha value is -1.73. The summed E-state index contributed by atoms with van der Waals surface area (Å²) in [5, 5.41) is 2.81. The first kappa shape index (κ1) is 22.5. The lowest BCUT2D eigenvalue weighted by molar-refractivity contribution is -0.119. The molecule has 0 aromatic heterocycles. The first-order valence-corrected chi connectivity index (χ1v) is 13.6. The predicted molar refractivity (Wildman–Crippen MR) is 114 cm³/mol. The minimum Gasteiger partial charge on any atom is -0.379 e. The lowest BCUT2D eigenvalue weighted by atomic mass is 10.1. The topological polar surface area (TPSA) is 122 Å². The average molecular weight is 474 g/mol. The van der Waals surface area contributed by atoms with E-state index in [1.807, 2.05) is 4.90 Å². The lowest BCUT2D eigenvalue weighted by Crippen LogP contribution is -2.40. The van der Waals surface area contributed by atoms with Crippen molar-refractivity contribution in [3.63, 3.8) is 0 Å². The number of sulfone groups is 1. The minimum atomic E-state index is -3.74. The van der Waals surface area contributed by atoms with Crippen LogP contribution < -0.4 is 10.2 Å². The number of hydrogen-bond donors (Lipinski definition) is 1. The van der Waals surface area contributed by atoms with Crippen LogP contribution in [0.2, 0.25) is 0 Å². The van der Waals surface area contributed by atoms with Gasteiger partial charge >= 0.3 is 0 Å². The van der Waals surface area contributed by atoms with Crippen LogP contribution in [0, 0.1) is 5.92 Å². The molecule has 0 spiro atoms. The Morgan fingerprint density at radius 3 is 2.29 bits per heavy atom. The van der Waals surface area contributed by atoms with Crippen LogP contribution in [-0.2, 0) is 34.1 Å². The normalized spacial score (nSPS) is 24.8. The monoisotopic (exact) mass is 473 g/mol. The van der Waals surface area contributed by atoms with Gasteiger partial charge in [-0.25, -0.2) is 16.8 Å². The summed E-state index contributed by atoms with van der Waals surface area (Å²) in [4.78, 5) is 14.9. The summed E-state index contributed by atoms with van der Waals surface area (Å²) in [6, 6.07) is 4.71. The maximum atomic E-state index is 13.1. The number of hydrogen-bond acceptors (Lipinski definition) is 8. The van der Waals surface area contributed by atoms with Crippen molar-refractivity contribution in [2.75, 3.05) is 74.3 Å². The van der Waals surface area contributed by atoms with Crippen molar-refractivity contribution in [2.24, 2.45) is 5.92 Å². The molecule has 0 aliphatic carbocycles. The van der Waals surface area contributed by atoms with Crippen molar-refractivity contribution in [3.8, 4) is 0 Å². The first-order valence-electron chi connectivity index (χ1n) is 10.3. The van der Waals surface area contributed by atoms with Gasteiger partial charge in [0.1, 0.15) is 0 Å². The molecule has 1 N–H and O–H groups in total. The van der Waals surface area contributed by atoms with Crippen molar-refractivity contribution in [3.05, 3.63) is 18.2 Å². The van der Waals surface area contributed by atoms with Gasteiger partial charge in [-0.2, -0.15) is 4.31 Å². The van der Waals surface area contributed by atoms with Crippen molar-refractivity contribution in [1.29, 1.82) is 0 Å². The second-order valence-electron chi connectivity index (χ2n) is 7.88. The van der Waals surface area contributed by atoms with E-state index in [0.717, 1.165) is 0 Å². The van der Waals surface area contributed by atoms with Crippen LogP contribution >= 0.6 is 0 Å². The SMILES string of the molecule is O=C(Nc1cc(S(=O)(=O)N2CCOCC2)ccc1N1CCOCC1)C1CCS(=O)(=O)C1. The number of nitrogens with one attached hydrogen (secondary N) is 1. The van der Waals surface area contributed by atoms with Crippen LogP contribution in [0.1, 0.15) is 6.42 Å². The van der Waals surface area contributed by atoms with E-state index in [-0.39, 0.29) is 35.9 Å². The number of nitrogens with zero attached hydrogens (tertiary/aromatic N) is 2. The van der Waals surface area contributed by atoms with Gasteiger partial charge in [-0.15, -0.1) is 0 Å². The van der Waals surface area contributed by atoms with E-state index in [4.69, 9.17) is 9.47 Å². The summed E-state index contributed by atoms with van der Waals surface area (Å²) in [6.45, 7) is 3.50. The maximum Gasteiger partial charge on any atom is 0.243 e. The zero-order chi connectivity index (χ0) is 22.1. The molecule has 1 aromatic rings. The highest BCUT2D eigenvalue weighted by atomic mass is 32.2. The van der Waals surface area contributed by atoms with E-state index >= 15 is 0 Å². The van der Waals surface area contributed by atoms with Crippen molar-refractivity contribution < 1.29 is 31.1 Å². The van der Waals surface area contributed by atoms with Crippen molar-refractivity contribution in [1.82, 2.24) is 4.31 Å². The lowest BCUT2D eigenvalue weighted by Gasteiger charge is -2.31. The van der Waals surface area contributed by atoms with E-state index in [1.54, 1.807) is 12.1 Å². The van der Waals surface area contributed by atoms with Gasteiger partial charge in [0.25, 0.3) is 0 Å². The molecular formula is C19H27N3O7S2. The Bertz CT molecular complexity index is 1030. The average Bonchev–Trinajstić information content (AvgIpc) is 3.15. The van der Waals surface area contributed by atoms with E-state index < -0.39 is 31.7 Å². The summed E-state index contributed by atoms with van der Waals surface area (Å²) >= 11 is 0. The number of carbonyl (C=O) groups excluding carboxylic acids is 1. The Balaban J connectivity index is 1.64. The second kappa shape index (κ2) is 9.02. The summed E-state index contributed by atoms with van der Waals surface area (Å²) in [5.74, 6) is -1.23. The maximum absolute atomic E-state index is 13.1. The fraction of sp³-hybridized carbons (Fsp3) is 0.632. The van der Waals surface area contributed by atoms with Gasteiger partial charge < -0.3 is 19.7 Å². The largest absolute Gasteiger partial charge is 0.379 e. The third-order valence-electron chi connectivity index (χ3n) is 5.79. The molecule has 10 nitrogen and oxygen atoms in total. The third-order valence-corrected chi connectivity index (χ3v) is 9.45. The molecule has 4 rings (SSSR count). The number of benzene rings is 1. The molecule has 0 saturated carbocycles. The second-order valence-corrected chi connectivity index (χ2v) is 12.1. The number of carbonyl (C=O) groups is 1. The highest BCUT2D eigenvalue weighted by molar-refractivity contribution is 7.91. The number of morpholine rings is 2. The van der Waals surface area contributed by atoms with Crippen LogP contribution in [-0.4, -0.2) is 91.2 Å². The Morgan fingerprint density at radius 2 is 1.68 bits per heavy atom. The standard InChI is InChI=1S/C19H27N3O7S2/c23-19(15-3-12-30(24,25)14-15)20-17-13-16(31(26,27)22-6-10-29-11-7-22)1-2-18(17)21-4-8-28-9-5-21/h1-2,13,15H,3-12,14H2,(H,20,23). The summed E-state index contributed by atoms with van der Waals surface area (Å²) in [5.41, 5.74) is 1.06. The first-order chi connectivity index (χ1) is 14.8. The predicted octanol–water partition coefficient (Wildman–Crippen LogP) is -0.0827. The Labute approximate surface area is 182 Å². The molecule has 0 radical (unpaired) electrons. The minimum absolute atomic E-state index is 0.00709. The van der Waals surface area contributed by atoms with Crippen LogP contribution in [0.25, 0.3) is 0 Å². The molecule has 1 amide bonds. The van der Waals surface area contributed by atoms with Crippen LogP contribution in [0.15, 0.2) is 23.1 Å². The third kappa shape index (κ3) is 5.03. The molecule has 3 aliphatic heterocycles. The number of rotatable bonds is 5. The van der Waals surface area contributed by atoms with Crippen LogP contribution in [0.4, 0.5) is 11.4 Å². The molecule has 1 atom stereocenters. The molecule has 12 heteroatoms. The highest BCUT2D eigenvalue weighted by Gasteiger charge is 2.34. The smallest absolute Gasteiger partial charge is 0.243 e. The van der Waals surface area contributed by atoms with Crippen LogP contribution in [0.5, 0.6) is 0 Å². The van der Waals surface area contributed by atoms with Gasteiger partial charge in [-0.1, -0.05) is 0 Å². The zero-order valence-corrected chi connectivity index (χ0v) is 18.8. The van der Waals surface area contributed by atoms with Crippen molar-refractivity contribution in [2.45, 2.75) is 11.3 Å². The Morgan fingerprint density at radius 1 is 1.03 bits per heavy atom. The van der Waals surface area contributed by atoms with E-state index in [0.29, 0.717) is 50.9 Å². The Kier molecular flexibility index (Phi) is 6.54. The molecule has 3 fully saturated rings. The van der Waals surface area contributed by atoms with Gasteiger partial charge in [0.05, 0.1) is 60.1 Å². The molecule has 0 bridgehead atoms. The van der Waals surface area contributed by atoms with Gasteiger partial charge in [-0.05, 0) is 24.6 Å². The van der Waals surface area contributed by atoms with Crippen LogP contribution in [0.3, 0.4) is 0 Å². The molecule has 31 heavy (non-hydrogen) atoms. The summed E-state index contributed by atoms with van der Waals surface area (Å²) < 4.78 is 61.8. The zero-order valence-electron chi connectivity index (χ0n) is 17.2. The fourth-order valence-corrected chi connectivity index (χ4v) is 7.20. The fourth-order valence-electron chi connectivity index (χ4n) is 4.03. The van der Waals surface area contributed by atoms with Gasteiger partial charge in [0.15, 0.2) is 9.84 Å². The molecule has 1 aromatic carbocycles. The molecule has 3 saturated heterocycles. The van der Waals surface area contributed by atoms with Gasteiger partial charge in [0, 0.05) is 26.2 Å². The summed E-state index contributed by atoms with van der Waals surface area (Å²) in [6.07, 6.45) is 0.271. The van der Waals surface area contributed by atoms with E-state index in [2.05, 4.69) is 5.32 Å². The van der Waals surface area contributed by atoms with E-state index in [9.17, 15) is 21.6 Å². The molecular weight excluding hydrogens is 446 g/mol. The molecule has 172 valence electrons. The quantitative estimate of drug-likeness (QED) is 0.630. The number of anilines is 2.